The van der Waals surface area contributed by atoms with Crippen LogP contribution in [0.1, 0.15) is 32.3 Å². The first kappa shape index (κ1) is 12.5. The molecular weight excluding hydrogens is 254 g/mol. The standard InChI is InChI=1S/C12H18BrNO/c1-8(2)12(9(3)13)10-5-6-14-11(7-10)15-4/h5-9,12H,1-4H3. The summed E-state index contributed by atoms with van der Waals surface area (Å²) in [6.07, 6.45) is 1.80. The Labute approximate surface area is 100 Å². The highest BCUT2D eigenvalue weighted by atomic mass is 79.9. The average Bonchev–Trinajstić information content (AvgIpc) is 2.17. The second-order valence-electron chi connectivity index (χ2n) is 4.08. The molecule has 84 valence electrons. The number of hydrogen-bond donors (Lipinski definition) is 0. The van der Waals surface area contributed by atoms with Gasteiger partial charge in [0.05, 0.1) is 7.11 Å². The molecule has 2 atom stereocenters. The van der Waals surface area contributed by atoms with E-state index in [-0.39, 0.29) is 0 Å². The van der Waals surface area contributed by atoms with Crippen LogP contribution in [-0.4, -0.2) is 16.9 Å². The first-order valence-electron chi connectivity index (χ1n) is 5.20. The van der Waals surface area contributed by atoms with Crippen molar-refractivity contribution in [3.05, 3.63) is 23.9 Å². The van der Waals surface area contributed by atoms with Crippen molar-refractivity contribution in [1.29, 1.82) is 0 Å². The van der Waals surface area contributed by atoms with Crippen LogP contribution >= 0.6 is 15.9 Å². The van der Waals surface area contributed by atoms with E-state index < -0.39 is 0 Å². The number of aromatic nitrogens is 1. The van der Waals surface area contributed by atoms with Crippen LogP contribution in [0.15, 0.2) is 18.3 Å². The Bertz CT molecular complexity index is 304. The van der Waals surface area contributed by atoms with Crippen molar-refractivity contribution in [3.8, 4) is 5.88 Å². The highest BCUT2D eigenvalue weighted by Crippen LogP contribution is 2.32. The quantitative estimate of drug-likeness (QED) is 0.781. The number of alkyl halides is 1. The van der Waals surface area contributed by atoms with Crippen molar-refractivity contribution in [2.45, 2.75) is 31.5 Å². The lowest BCUT2D eigenvalue weighted by Gasteiger charge is -2.24. The van der Waals surface area contributed by atoms with Crippen LogP contribution in [-0.2, 0) is 0 Å². The Hall–Kier alpha value is -0.570. The molecule has 0 bridgehead atoms. The Morgan fingerprint density at radius 3 is 2.47 bits per heavy atom. The summed E-state index contributed by atoms with van der Waals surface area (Å²) in [5.74, 6) is 1.76. The topological polar surface area (TPSA) is 22.1 Å². The molecule has 0 aromatic carbocycles. The highest BCUT2D eigenvalue weighted by Gasteiger charge is 2.21. The van der Waals surface area contributed by atoms with Gasteiger partial charge in [-0.3, -0.25) is 0 Å². The Morgan fingerprint density at radius 1 is 1.33 bits per heavy atom. The minimum Gasteiger partial charge on any atom is -0.481 e. The molecule has 0 aliphatic heterocycles. The van der Waals surface area contributed by atoms with Gasteiger partial charge in [0, 0.05) is 17.1 Å². The monoisotopic (exact) mass is 271 g/mol. The van der Waals surface area contributed by atoms with Crippen molar-refractivity contribution >= 4 is 15.9 Å². The van der Waals surface area contributed by atoms with Gasteiger partial charge in [-0.05, 0) is 23.5 Å². The van der Waals surface area contributed by atoms with E-state index in [2.05, 4.69) is 47.8 Å². The van der Waals surface area contributed by atoms with Crippen LogP contribution in [0.4, 0.5) is 0 Å². The van der Waals surface area contributed by atoms with E-state index in [0.717, 1.165) is 0 Å². The minimum absolute atomic E-state index is 0.449. The molecule has 0 saturated heterocycles. The maximum atomic E-state index is 5.14. The van der Waals surface area contributed by atoms with E-state index in [0.29, 0.717) is 22.5 Å². The van der Waals surface area contributed by atoms with Gasteiger partial charge in [0.1, 0.15) is 0 Å². The molecule has 0 saturated carbocycles. The Balaban J connectivity index is 3.00. The third-order valence-electron chi connectivity index (χ3n) is 2.57. The molecule has 15 heavy (non-hydrogen) atoms. The molecular formula is C12H18BrNO. The zero-order chi connectivity index (χ0) is 11.4. The van der Waals surface area contributed by atoms with E-state index in [1.807, 2.05) is 6.07 Å². The summed E-state index contributed by atoms with van der Waals surface area (Å²) in [5, 5.41) is 0. The maximum Gasteiger partial charge on any atom is 0.213 e. The van der Waals surface area contributed by atoms with Crippen molar-refractivity contribution in [2.75, 3.05) is 7.11 Å². The Kier molecular flexibility index (Phi) is 4.58. The van der Waals surface area contributed by atoms with Gasteiger partial charge in [0.25, 0.3) is 0 Å². The van der Waals surface area contributed by atoms with Crippen molar-refractivity contribution in [2.24, 2.45) is 5.92 Å². The number of halogens is 1. The van der Waals surface area contributed by atoms with Crippen molar-refractivity contribution in [3.63, 3.8) is 0 Å². The van der Waals surface area contributed by atoms with E-state index in [4.69, 9.17) is 4.74 Å². The molecule has 0 fully saturated rings. The van der Waals surface area contributed by atoms with Crippen LogP contribution in [0.2, 0.25) is 0 Å². The third kappa shape index (κ3) is 3.20. The summed E-state index contributed by atoms with van der Waals surface area (Å²) in [7, 11) is 1.65. The van der Waals surface area contributed by atoms with E-state index in [1.165, 1.54) is 5.56 Å². The van der Waals surface area contributed by atoms with Crippen LogP contribution in [0.25, 0.3) is 0 Å². The van der Waals surface area contributed by atoms with Crippen LogP contribution < -0.4 is 4.74 Å². The molecule has 1 aromatic heterocycles. The van der Waals surface area contributed by atoms with Gasteiger partial charge in [-0.1, -0.05) is 36.7 Å². The third-order valence-corrected chi connectivity index (χ3v) is 3.14. The van der Waals surface area contributed by atoms with Crippen LogP contribution in [0.5, 0.6) is 5.88 Å². The molecule has 1 heterocycles. The molecule has 0 amide bonds. The second kappa shape index (κ2) is 5.50. The van der Waals surface area contributed by atoms with E-state index in [1.54, 1.807) is 13.3 Å². The van der Waals surface area contributed by atoms with Gasteiger partial charge in [-0.2, -0.15) is 0 Å². The zero-order valence-electron chi connectivity index (χ0n) is 9.70. The summed E-state index contributed by atoms with van der Waals surface area (Å²) in [6.45, 7) is 6.64. The lowest BCUT2D eigenvalue weighted by molar-refractivity contribution is 0.395. The molecule has 2 nitrogen and oxygen atoms in total. The first-order valence-corrected chi connectivity index (χ1v) is 6.11. The summed E-state index contributed by atoms with van der Waals surface area (Å²) >= 11 is 3.66. The van der Waals surface area contributed by atoms with Gasteiger partial charge < -0.3 is 4.74 Å². The predicted octanol–water partition coefficient (Wildman–Crippen LogP) is 3.61. The van der Waals surface area contributed by atoms with Gasteiger partial charge in [0.15, 0.2) is 0 Å². The lowest BCUT2D eigenvalue weighted by atomic mass is 9.87. The lowest BCUT2D eigenvalue weighted by Crippen LogP contribution is -2.15. The molecule has 0 aliphatic rings. The molecule has 1 aromatic rings. The van der Waals surface area contributed by atoms with Crippen molar-refractivity contribution < 1.29 is 4.74 Å². The summed E-state index contributed by atoms with van der Waals surface area (Å²) in [5.41, 5.74) is 1.28. The van der Waals surface area contributed by atoms with E-state index in [9.17, 15) is 0 Å². The number of hydrogen-bond acceptors (Lipinski definition) is 2. The molecule has 2 unspecified atom stereocenters. The molecule has 0 aliphatic carbocycles. The fourth-order valence-electron chi connectivity index (χ4n) is 1.92. The molecule has 0 radical (unpaired) electrons. The number of pyridine rings is 1. The van der Waals surface area contributed by atoms with Crippen molar-refractivity contribution in [1.82, 2.24) is 4.98 Å². The molecule has 1 rings (SSSR count). The summed E-state index contributed by atoms with van der Waals surface area (Å²) < 4.78 is 5.14. The SMILES string of the molecule is COc1cc(C(C(C)C)C(C)Br)ccn1. The Morgan fingerprint density at radius 2 is 2.00 bits per heavy atom. The van der Waals surface area contributed by atoms with Crippen LogP contribution in [0.3, 0.4) is 0 Å². The molecule has 0 spiro atoms. The van der Waals surface area contributed by atoms with E-state index >= 15 is 0 Å². The van der Waals surface area contributed by atoms with Gasteiger partial charge in [-0.15, -0.1) is 0 Å². The fraction of sp³-hybridized carbons (Fsp3) is 0.583. The first-order chi connectivity index (χ1) is 7.06. The number of nitrogens with zero attached hydrogens (tertiary/aromatic N) is 1. The van der Waals surface area contributed by atoms with Crippen LogP contribution in [0, 0.1) is 5.92 Å². The maximum absolute atomic E-state index is 5.14. The molecule has 3 heteroatoms. The predicted molar refractivity (Wildman–Crippen MR) is 66.8 cm³/mol. The smallest absolute Gasteiger partial charge is 0.213 e. The summed E-state index contributed by atoms with van der Waals surface area (Å²) in [6, 6.07) is 4.08. The summed E-state index contributed by atoms with van der Waals surface area (Å²) in [4.78, 5) is 4.57. The number of rotatable bonds is 4. The highest BCUT2D eigenvalue weighted by molar-refractivity contribution is 9.09. The largest absolute Gasteiger partial charge is 0.481 e. The number of methoxy groups -OCH3 is 1. The van der Waals surface area contributed by atoms with Gasteiger partial charge in [0.2, 0.25) is 5.88 Å². The molecule has 0 N–H and O–H groups in total. The number of ether oxygens (including phenoxy) is 1. The zero-order valence-corrected chi connectivity index (χ0v) is 11.3. The minimum atomic E-state index is 0.449. The van der Waals surface area contributed by atoms with Gasteiger partial charge in [-0.25, -0.2) is 4.98 Å². The second-order valence-corrected chi connectivity index (χ2v) is 5.52. The fourth-order valence-corrected chi connectivity index (χ4v) is 2.84. The average molecular weight is 272 g/mol. The van der Waals surface area contributed by atoms with Gasteiger partial charge >= 0.3 is 0 Å². The normalized spacial score (nSPS) is 15.1.